The molecule has 0 aliphatic heterocycles. The summed E-state index contributed by atoms with van der Waals surface area (Å²) in [7, 11) is 1.61. The minimum atomic E-state index is -1.32. The van der Waals surface area contributed by atoms with E-state index >= 15 is 0 Å². The number of hydrogen-bond acceptors (Lipinski definition) is 4. The highest BCUT2D eigenvalue weighted by atomic mass is 32.1. The third kappa shape index (κ3) is 1.70. The molecule has 2 rings (SSSR count). The Morgan fingerprint density at radius 3 is 2.29 bits per heavy atom. The number of carboxylic acids is 2. The lowest BCUT2D eigenvalue weighted by Crippen LogP contribution is -2.08. The summed E-state index contributed by atoms with van der Waals surface area (Å²) in [5, 5.41) is 17.9. The molecule has 0 aliphatic carbocycles. The number of nitrogens with zero attached hydrogens (tertiary/aromatic N) is 1. The lowest BCUT2D eigenvalue weighted by atomic mass is 10.1. The van der Waals surface area contributed by atoms with Gasteiger partial charge in [0, 0.05) is 7.05 Å². The molecule has 0 amide bonds. The Bertz CT molecular complexity index is 697. The van der Waals surface area contributed by atoms with Crippen molar-refractivity contribution in [2.75, 3.05) is 0 Å². The van der Waals surface area contributed by atoms with Crippen molar-refractivity contribution in [2.45, 2.75) is 0 Å². The van der Waals surface area contributed by atoms with Crippen LogP contribution >= 0.6 is 12.2 Å². The molecule has 0 saturated heterocycles. The quantitative estimate of drug-likeness (QED) is 0.794. The van der Waals surface area contributed by atoms with E-state index in [-0.39, 0.29) is 21.5 Å². The van der Waals surface area contributed by atoms with E-state index < -0.39 is 11.9 Å². The number of aromatic nitrogens is 1. The zero-order valence-electron chi connectivity index (χ0n) is 8.63. The molecule has 0 saturated carbocycles. The van der Waals surface area contributed by atoms with Crippen molar-refractivity contribution in [3.8, 4) is 0 Å². The molecule has 7 heteroatoms. The smallest absolute Gasteiger partial charge is 0.336 e. The first-order valence-electron chi connectivity index (χ1n) is 4.52. The van der Waals surface area contributed by atoms with Crippen LogP contribution in [-0.2, 0) is 7.05 Å². The van der Waals surface area contributed by atoms with Crippen LogP contribution in [0, 0.1) is 4.84 Å². The first kappa shape index (κ1) is 11.3. The van der Waals surface area contributed by atoms with Gasteiger partial charge in [0.05, 0.1) is 16.6 Å². The van der Waals surface area contributed by atoms with Crippen LogP contribution in [0.2, 0.25) is 0 Å². The van der Waals surface area contributed by atoms with Crippen molar-refractivity contribution >= 4 is 35.3 Å². The summed E-state index contributed by atoms with van der Waals surface area (Å²) in [4.78, 5) is 22.0. The van der Waals surface area contributed by atoms with Gasteiger partial charge in [-0.3, -0.25) is 0 Å². The van der Waals surface area contributed by atoms with E-state index in [1.165, 1.54) is 10.6 Å². The second kappa shape index (κ2) is 3.70. The SMILES string of the molecule is Cn1c(=S)oc2cc(C(=O)O)c(C(=O)O)cc21. The number of carbonyl (C=O) groups is 2. The lowest BCUT2D eigenvalue weighted by Gasteiger charge is -2.01. The highest BCUT2D eigenvalue weighted by molar-refractivity contribution is 7.71. The second-order valence-corrected chi connectivity index (χ2v) is 3.75. The maximum Gasteiger partial charge on any atom is 0.336 e. The molecule has 0 aliphatic rings. The highest BCUT2D eigenvalue weighted by Crippen LogP contribution is 2.22. The largest absolute Gasteiger partial charge is 0.478 e. The molecular weight excluding hydrogens is 246 g/mol. The molecule has 0 bridgehead atoms. The molecule has 0 spiro atoms. The molecule has 88 valence electrons. The van der Waals surface area contributed by atoms with Gasteiger partial charge in [-0.05, 0) is 24.4 Å². The average Bonchev–Trinajstić information content (AvgIpc) is 2.53. The van der Waals surface area contributed by atoms with Crippen LogP contribution < -0.4 is 0 Å². The van der Waals surface area contributed by atoms with E-state index in [4.69, 9.17) is 26.8 Å². The molecule has 1 heterocycles. The van der Waals surface area contributed by atoms with Gasteiger partial charge in [-0.25, -0.2) is 9.59 Å². The Morgan fingerprint density at radius 2 is 1.76 bits per heavy atom. The average molecular weight is 253 g/mol. The maximum absolute atomic E-state index is 11.0. The summed E-state index contributed by atoms with van der Waals surface area (Å²) in [6, 6.07) is 2.40. The van der Waals surface area contributed by atoms with Crippen LogP contribution in [0.1, 0.15) is 20.7 Å². The van der Waals surface area contributed by atoms with Gasteiger partial charge in [0.15, 0.2) is 5.58 Å². The summed E-state index contributed by atoms with van der Waals surface area (Å²) in [5.41, 5.74) is 0.0723. The van der Waals surface area contributed by atoms with E-state index in [9.17, 15) is 9.59 Å². The standard InChI is InChI=1S/C10H7NO5S/c1-11-6-2-4(8(12)13)5(9(14)15)3-7(6)16-10(11)17/h2-3H,1H3,(H,12,13)(H,14,15). The zero-order valence-corrected chi connectivity index (χ0v) is 9.45. The fourth-order valence-corrected chi connectivity index (χ4v) is 1.72. The fraction of sp³-hybridized carbons (Fsp3) is 0.100. The molecule has 1 aromatic heterocycles. The van der Waals surface area contributed by atoms with E-state index in [2.05, 4.69) is 0 Å². The molecule has 0 unspecified atom stereocenters. The molecule has 0 atom stereocenters. The third-order valence-corrected chi connectivity index (χ3v) is 2.75. The number of oxazole rings is 1. The minimum absolute atomic E-state index is 0.152. The van der Waals surface area contributed by atoms with Crippen molar-refractivity contribution in [1.82, 2.24) is 4.57 Å². The Labute approximate surface area is 99.7 Å². The molecule has 0 fully saturated rings. The van der Waals surface area contributed by atoms with Crippen molar-refractivity contribution < 1.29 is 24.2 Å². The van der Waals surface area contributed by atoms with Crippen LogP contribution in [0.25, 0.3) is 11.1 Å². The van der Waals surface area contributed by atoms with E-state index in [0.29, 0.717) is 5.52 Å². The number of fused-ring (bicyclic) bond motifs is 1. The number of carboxylic acid groups (broad SMARTS) is 2. The van der Waals surface area contributed by atoms with Crippen molar-refractivity contribution in [3.63, 3.8) is 0 Å². The van der Waals surface area contributed by atoms with E-state index in [1.807, 2.05) is 0 Å². The second-order valence-electron chi connectivity index (χ2n) is 3.40. The summed E-state index contributed by atoms with van der Waals surface area (Å²) >= 11 is 4.87. The Hall–Kier alpha value is -2.15. The van der Waals surface area contributed by atoms with Crippen LogP contribution in [0.4, 0.5) is 0 Å². The van der Waals surface area contributed by atoms with Gasteiger partial charge in [-0.15, -0.1) is 0 Å². The summed E-state index contributed by atoms with van der Waals surface area (Å²) in [6.07, 6.45) is 0. The topological polar surface area (TPSA) is 92.7 Å². The summed E-state index contributed by atoms with van der Waals surface area (Å²) < 4.78 is 6.62. The van der Waals surface area contributed by atoms with Crippen molar-refractivity contribution in [1.29, 1.82) is 0 Å². The van der Waals surface area contributed by atoms with Gasteiger partial charge < -0.3 is 19.2 Å². The van der Waals surface area contributed by atoms with Gasteiger partial charge in [0.1, 0.15) is 0 Å². The number of aromatic carboxylic acids is 2. The van der Waals surface area contributed by atoms with Gasteiger partial charge in [-0.1, -0.05) is 0 Å². The van der Waals surface area contributed by atoms with Crippen LogP contribution in [-0.4, -0.2) is 26.7 Å². The molecule has 2 N–H and O–H groups in total. The van der Waals surface area contributed by atoms with E-state index in [1.54, 1.807) is 7.05 Å². The number of aryl methyl sites for hydroxylation is 1. The monoisotopic (exact) mass is 253 g/mol. The molecule has 0 radical (unpaired) electrons. The maximum atomic E-state index is 11.0. The van der Waals surface area contributed by atoms with Crippen LogP contribution in [0.15, 0.2) is 16.5 Å². The number of hydrogen-bond donors (Lipinski definition) is 2. The molecular formula is C10H7NO5S. The first-order valence-corrected chi connectivity index (χ1v) is 4.93. The van der Waals surface area contributed by atoms with Gasteiger partial charge >= 0.3 is 11.9 Å². The van der Waals surface area contributed by atoms with Crippen LogP contribution in [0.5, 0.6) is 0 Å². The predicted octanol–water partition coefficient (Wildman–Crippen LogP) is 1.90. The Balaban J connectivity index is 2.91. The third-order valence-electron chi connectivity index (χ3n) is 2.39. The van der Waals surface area contributed by atoms with Crippen molar-refractivity contribution in [3.05, 3.63) is 28.1 Å². The molecule has 1 aromatic carbocycles. The molecule has 2 aromatic rings. The predicted molar refractivity (Wildman–Crippen MR) is 59.9 cm³/mol. The lowest BCUT2D eigenvalue weighted by molar-refractivity contribution is 0.0652. The fourth-order valence-electron chi connectivity index (χ4n) is 1.53. The summed E-state index contributed by atoms with van der Waals surface area (Å²) in [6.45, 7) is 0. The molecule has 6 nitrogen and oxygen atoms in total. The Kier molecular flexibility index (Phi) is 2.47. The normalized spacial score (nSPS) is 10.6. The summed E-state index contributed by atoms with van der Waals surface area (Å²) in [5.74, 6) is -2.63. The number of benzene rings is 1. The van der Waals surface area contributed by atoms with Gasteiger partial charge in [0.25, 0.3) is 4.84 Å². The van der Waals surface area contributed by atoms with Crippen molar-refractivity contribution in [2.24, 2.45) is 7.05 Å². The first-order chi connectivity index (χ1) is 7.91. The van der Waals surface area contributed by atoms with Crippen LogP contribution in [0.3, 0.4) is 0 Å². The van der Waals surface area contributed by atoms with Gasteiger partial charge in [0.2, 0.25) is 0 Å². The number of rotatable bonds is 2. The van der Waals surface area contributed by atoms with E-state index in [0.717, 1.165) is 6.07 Å². The Morgan fingerprint density at radius 1 is 1.24 bits per heavy atom. The van der Waals surface area contributed by atoms with Gasteiger partial charge in [-0.2, -0.15) is 0 Å². The zero-order chi connectivity index (χ0) is 12.7. The highest BCUT2D eigenvalue weighted by Gasteiger charge is 2.19. The minimum Gasteiger partial charge on any atom is -0.478 e. The molecule has 17 heavy (non-hydrogen) atoms.